The molecule has 1 aliphatic rings. The molecule has 0 bridgehead atoms. The molecule has 2 aromatic carbocycles. The summed E-state index contributed by atoms with van der Waals surface area (Å²) in [6, 6.07) is 14.1. The summed E-state index contributed by atoms with van der Waals surface area (Å²) in [6.45, 7) is 0.287. The van der Waals surface area contributed by atoms with Gasteiger partial charge in [0.05, 0.1) is 16.3 Å². The number of non-ortho nitro benzene ring substituents is 1. The zero-order valence-electron chi connectivity index (χ0n) is 11.3. The van der Waals surface area contributed by atoms with Crippen LogP contribution in [0.4, 0.5) is 11.4 Å². The van der Waals surface area contributed by atoms with Crippen molar-refractivity contribution < 1.29 is 7.99 Å². The average Bonchev–Trinajstić information content (AvgIpc) is 2.74. The Morgan fingerprint density at radius 3 is 2.64 bits per heavy atom. The molecule has 110 valence electrons. The summed E-state index contributed by atoms with van der Waals surface area (Å²) in [5.41, 5.74) is 2.80. The third-order valence-corrected chi connectivity index (χ3v) is 3.71. The van der Waals surface area contributed by atoms with Gasteiger partial charge in [0, 0.05) is 23.3 Å². The number of nitrogens with zero attached hydrogens (tertiary/aromatic N) is 3. The lowest BCUT2D eigenvalue weighted by molar-refractivity contribution is -0.384. The third kappa shape index (κ3) is 2.84. The fourth-order valence-corrected chi connectivity index (χ4v) is 2.45. The van der Waals surface area contributed by atoms with E-state index >= 15 is 0 Å². The molecule has 0 spiro atoms. The Morgan fingerprint density at radius 2 is 1.95 bits per heavy atom. The summed E-state index contributed by atoms with van der Waals surface area (Å²) in [4.78, 5) is 19.5. The van der Waals surface area contributed by atoms with Gasteiger partial charge in [-0.05, 0) is 6.07 Å². The maximum atomic E-state index is 11.0. The number of rotatable bonds is 2. The summed E-state index contributed by atoms with van der Waals surface area (Å²) in [5, 5.41) is 11.0. The highest BCUT2D eigenvalue weighted by Crippen LogP contribution is 2.29. The smallest absolute Gasteiger partial charge is 0.270 e. The largest absolute Gasteiger partial charge is 0.410 e. The van der Waals surface area contributed by atoms with Crippen molar-refractivity contribution in [1.29, 1.82) is 0 Å². The van der Waals surface area contributed by atoms with E-state index in [1.54, 1.807) is 29.1 Å². The van der Waals surface area contributed by atoms with Gasteiger partial charge in [0.25, 0.3) is 5.69 Å². The van der Waals surface area contributed by atoms with E-state index in [9.17, 15) is 10.1 Å². The molecule has 3 rings (SSSR count). The second-order valence-electron chi connectivity index (χ2n) is 4.57. The molecule has 7 heteroatoms. The maximum Gasteiger partial charge on any atom is 0.270 e. The number of nitro benzene ring substituents is 1. The van der Waals surface area contributed by atoms with Crippen LogP contribution in [0.1, 0.15) is 11.1 Å². The number of nitro groups is 1. The summed E-state index contributed by atoms with van der Waals surface area (Å²) in [6.07, 6.45) is 0. The minimum Gasteiger partial charge on any atom is -0.410 e. The van der Waals surface area contributed by atoms with Gasteiger partial charge in [-0.1, -0.05) is 30.3 Å². The van der Waals surface area contributed by atoms with Crippen LogP contribution in [-0.2, 0) is 3.07 Å². The highest BCUT2D eigenvalue weighted by atomic mass is 127. The zero-order valence-corrected chi connectivity index (χ0v) is 13.4. The standard InChI is InChI=1S/C15H10IN3O3/c16-22-14-9-17-15(10-4-2-1-3-5-10)12-8-11(19(20)21)6-7-13(12)18-14/h1-8H,9H2. The van der Waals surface area contributed by atoms with E-state index in [0.29, 0.717) is 22.9 Å². The normalized spacial score (nSPS) is 13.5. The molecule has 0 N–H and O–H groups in total. The maximum absolute atomic E-state index is 11.0. The Hall–Kier alpha value is -2.29. The molecule has 22 heavy (non-hydrogen) atoms. The Morgan fingerprint density at radius 1 is 1.18 bits per heavy atom. The van der Waals surface area contributed by atoms with Crippen LogP contribution in [-0.4, -0.2) is 23.1 Å². The first kappa shape index (κ1) is 14.6. The van der Waals surface area contributed by atoms with E-state index in [1.165, 1.54) is 12.1 Å². The minimum atomic E-state index is -0.423. The first-order valence-electron chi connectivity index (χ1n) is 6.44. The first-order chi connectivity index (χ1) is 10.7. The SMILES string of the molecule is O=[N+]([O-])c1ccc2c(c1)C(c1ccccc1)=NCC(OI)=N2. The van der Waals surface area contributed by atoms with Crippen molar-refractivity contribution in [3.63, 3.8) is 0 Å². The van der Waals surface area contributed by atoms with E-state index in [2.05, 4.69) is 9.98 Å². The molecular formula is C15H10IN3O3. The molecule has 1 aliphatic heterocycles. The highest BCUT2D eigenvalue weighted by molar-refractivity contribution is 14.1. The lowest BCUT2D eigenvalue weighted by Crippen LogP contribution is -2.06. The van der Waals surface area contributed by atoms with Crippen molar-refractivity contribution in [1.82, 2.24) is 0 Å². The Kier molecular flexibility index (Phi) is 4.14. The van der Waals surface area contributed by atoms with Crippen LogP contribution in [0, 0.1) is 10.1 Å². The molecule has 0 aliphatic carbocycles. The van der Waals surface area contributed by atoms with Crippen molar-refractivity contribution >= 4 is 46.0 Å². The van der Waals surface area contributed by atoms with Crippen LogP contribution < -0.4 is 0 Å². The van der Waals surface area contributed by atoms with Crippen LogP contribution in [0.25, 0.3) is 0 Å². The summed E-state index contributed by atoms with van der Waals surface area (Å²) < 4.78 is 5.17. The molecule has 6 nitrogen and oxygen atoms in total. The Labute approximate surface area is 140 Å². The summed E-state index contributed by atoms with van der Waals surface area (Å²) in [5.74, 6) is 0.460. The average molecular weight is 407 g/mol. The number of hydrogen-bond acceptors (Lipinski definition) is 5. The quantitative estimate of drug-likeness (QED) is 0.431. The van der Waals surface area contributed by atoms with Gasteiger partial charge in [-0.2, -0.15) is 0 Å². The fourth-order valence-electron chi connectivity index (χ4n) is 2.21. The molecule has 0 saturated carbocycles. The van der Waals surface area contributed by atoms with Crippen LogP contribution in [0.2, 0.25) is 0 Å². The molecule has 0 radical (unpaired) electrons. The number of benzene rings is 2. The van der Waals surface area contributed by atoms with Gasteiger partial charge in [-0.3, -0.25) is 15.1 Å². The number of halogens is 1. The molecule has 2 aromatic rings. The summed E-state index contributed by atoms with van der Waals surface area (Å²) in [7, 11) is 0. The molecule has 0 amide bonds. The molecular weight excluding hydrogens is 397 g/mol. The fraction of sp³-hybridized carbons (Fsp3) is 0.0667. The number of aliphatic imine (C=N–C) groups is 2. The first-order valence-corrected chi connectivity index (χ1v) is 7.32. The van der Waals surface area contributed by atoms with Crippen molar-refractivity contribution in [3.05, 3.63) is 69.8 Å². The predicted molar refractivity (Wildman–Crippen MR) is 92.2 cm³/mol. The van der Waals surface area contributed by atoms with E-state index in [0.717, 1.165) is 5.56 Å². The topological polar surface area (TPSA) is 77.1 Å². The van der Waals surface area contributed by atoms with Gasteiger partial charge < -0.3 is 3.07 Å². The lowest BCUT2D eigenvalue weighted by atomic mass is 10.00. The van der Waals surface area contributed by atoms with Gasteiger partial charge in [-0.25, -0.2) is 4.99 Å². The van der Waals surface area contributed by atoms with E-state index < -0.39 is 4.92 Å². The van der Waals surface area contributed by atoms with Crippen LogP contribution in [0.3, 0.4) is 0 Å². The molecule has 0 unspecified atom stereocenters. The molecule has 0 atom stereocenters. The van der Waals surface area contributed by atoms with Gasteiger partial charge in [0.1, 0.15) is 6.54 Å². The molecule has 0 aromatic heterocycles. The van der Waals surface area contributed by atoms with Gasteiger partial charge in [-0.15, -0.1) is 0 Å². The van der Waals surface area contributed by atoms with Crippen LogP contribution in [0.5, 0.6) is 0 Å². The number of fused-ring (bicyclic) bond motifs is 1. The van der Waals surface area contributed by atoms with Crippen molar-refractivity contribution in [3.8, 4) is 0 Å². The van der Waals surface area contributed by atoms with Gasteiger partial charge >= 0.3 is 0 Å². The lowest BCUT2D eigenvalue weighted by Gasteiger charge is -2.08. The predicted octanol–water partition coefficient (Wildman–Crippen LogP) is 3.84. The third-order valence-electron chi connectivity index (χ3n) is 3.20. The zero-order chi connectivity index (χ0) is 15.5. The number of hydrogen-bond donors (Lipinski definition) is 0. The Bertz CT molecular complexity index is 788. The summed E-state index contributed by atoms with van der Waals surface area (Å²) >= 11 is 1.75. The molecule has 0 fully saturated rings. The van der Waals surface area contributed by atoms with Gasteiger partial charge in [0.2, 0.25) is 5.90 Å². The van der Waals surface area contributed by atoms with Crippen LogP contribution >= 0.6 is 23.0 Å². The van der Waals surface area contributed by atoms with Crippen LogP contribution in [0.15, 0.2) is 58.5 Å². The van der Waals surface area contributed by atoms with Crippen molar-refractivity contribution in [2.45, 2.75) is 0 Å². The van der Waals surface area contributed by atoms with Gasteiger partial charge in [0.15, 0.2) is 23.0 Å². The van der Waals surface area contributed by atoms with Crippen molar-refractivity contribution in [2.75, 3.05) is 6.54 Å². The Balaban J connectivity index is 2.20. The van der Waals surface area contributed by atoms with E-state index in [1.807, 2.05) is 30.3 Å². The monoisotopic (exact) mass is 407 g/mol. The van der Waals surface area contributed by atoms with E-state index in [-0.39, 0.29) is 12.2 Å². The molecule has 0 saturated heterocycles. The highest BCUT2D eigenvalue weighted by Gasteiger charge is 2.19. The minimum absolute atomic E-state index is 0.0106. The van der Waals surface area contributed by atoms with E-state index in [4.69, 9.17) is 3.07 Å². The molecule has 1 heterocycles. The second kappa shape index (κ2) is 6.22. The van der Waals surface area contributed by atoms with Crippen molar-refractivity contribution in [2.24, 2.45) is 9.98 Å². The second-order valence-corrected chi connectivity index (χ2v) is 5.01.